The third kappa shape index (κ3) is 5.30. The second-order valence-electron chi connectivity index (χ2n) is 5.35. The van der Waals surface area contributed by atoms with Crippen molar-refractivity contribution in [3.8, 4) is 5.75 Å². The largest absolute Gasteiger partial charge is 0.492 e. The first-order valence-electron chi connectivity index (χ1n) is 7.44. The van der Waals surface area contributed by atoms with Crippen molar-refractivity contribution in [1.82, 2.24) is 4.90 Å². The summed E-state index contributed by atoms with van der Waals surface area (Å²) in [6, 6.07) is 13.9. The molecule has 0 radical (unpaired) electrons. The number of amides is 1. The lowest BCUT2D eigenvalue weighted by molar-refractivity contribution is -0.137. The first kappa shape index (κ1) is 17.8. The first-order valence-corrected chi connectivity index (χ1v) is 7.44. The molecule has 128 valence electrons. The second kappa shape index (κ2) is 7.86. The quantitative estimate of drug-likeness (QED) is 0.803. The summed E-state index contributed by atoms with van der Waals surface area (Å²) in [6.07, 6.45) is -4.31. The molecule has 0 unspecified atom stereocenters. The Kier molecular flexibility index (Phi) is 5.84. The van der Waals surface area contributed by atoms with Gasteiger partial charge in [0.05, 0.1) is 18.5 Å². The van der Waals surface area contributed by atoms with Gasteiger partial charge in [-0.15, -0.1) is 0 Å². The predicted molar refractivity (Wildman–Crippen MR) is 84.7 cm³/mol. The third-order valence-corrected chi connectivity index (χ3v) is 3.50. The Morgan fingerprint density at radius 1 is 1.04 bits per heavy atom. The molecule has 6 heteroatoms. The number of carbonyl (C=O) groups excluding carboxylic acids is 1. The first-order chi connectivity index (χ1) is 11.4. The molecule has 0 spiro atoms. The molecule has 2 aromatic rings. The lowest BCUT2D eigenvalue weighted by Gasteiger charge is -2.17. The maximum Gasteiger partial charge on any atom is 0.416 e. The molecule has 0 N–H and O–H groups in total. The van der Waals surface area contributed by atoms with E-state index >= 15 is 0 Å². The lowest BCUT2D eigenvalue weighted by atomic mass is 10.1. The van der Waals surface area contributed by atoms with Crippen LogP contribution >= 0.6 is 0 Å². The van der Waals surface area contributed by atoms with Gasteiger partial charge in [0.15, 0.2) is 0 Å². The number of benzene rings is 2. The van der Waals surface area contributed by atoms with Crippen molar-refractivity contribution in [1.29, 1.82) is 0 Å². The fourth-order valence-electron chi connectivity index (χ4n) is 2.06. The van der Waals surface area contributed by atoms with E-state index in [4.69, 9.17) is 4.74 Å². The third-order valence-electron chi connectivity index (χ3n) is 3.50. The highest BCUT2D eigenvalue weighted by Gasteiger charge is 2.30. The van der Waals surface area contributed by atoms with E-state index in [0.717, 1.165) is 17.9 Å². The zero-order valence-electron chi connectivity index (χ0n) is 13.2. The van der Waals surface area contributed by atoms with Gasteiger partial charge >= 0.3 is 6.18 Å². The van der Waals surface area contributed by atoms with Crippen molar-refractivity contribution in [2.45, 2.75) is 12.6 Å². The number of hydrogen-bond acceptors (Lipinski definition) is 2. The standard InChI is InChI=1S/C18H18F3NO2/c1-22(11-12-24-16-5-3-2-4-6-16)17(23)13-14-7-9-15(10-8-14)18(19,20)21/h2-10H,11-13H2,1H3. The van der Waals surface area contributed by atoms with Gasteiger partial charge in [-0.3, -0.25) is 4.79 Å². The van der Waals surface area contributed by atoms with Crippen LogP contribution in [0.5, 0.6) is 5.75 Å². The Morgan fingerprint density at radius 3 is 2.25 bits per heavy atom. The molecular formula is C18H18F3NO2. The van der Waals surface area contributed by atoms with Crippen LogP contribution < -0.4 is 4.74 Å². The summed E-state index contributed by atoms with van der Waals surface area (Å²) in [6.45, 7) is 0.744. The number of para-hydroxylation sites is 1. The highest BCUT2D eigenvalue weighted by atomic mass is 19.4. The molecule has 0 saturated heterocycles. The van der Waals surface area contributed by atoms with Crippen LogP contribution in [0, 0.1) is 0 Å². The Labute approximate surface area is 138 Å². The number of halogens is 3. The van der Waals surface area contributed by atoms with Gasteiger partial charge in [-0.25, -0.2) is 0 Å². The Bertz CT molecular complexity index is 654. The SMILES string of the molecule is CN(CCOc1ccccc1)C(=O)Cc1ccc(C(F)(F)F)cc1. The molecule has 0 atom stereocenters. The molecule has 0 heterocycles. The maximum atomic E-state index is 12.5. The monoisotopic (exact) mass is 337 g/mol. The molecule has 0 bridgehead atoms. The summed E-state index contributed by atoms with van der Waals surface area (Å²) in [5.41, 5.74) is -0.174. The summed E-state index contributed by atoms with van der Waals surface area (Å²) >= 11 is 0. The van der Waals surface area contributed by atoms with Crippen LogP contribution in [0.15, 0.2) is 54.6 Å². The van der Waals surface area contributed by atoms with Gasteiger partial charge in [-0.05, 0) is 29.8 Å². The number of ether oxygens (including phenoxy) is 1. The minimum atomic E-state index is -4.37. The van der Waals surface area contributed by atoms with E-state index in [9.17, 15) is 18.0 Å². The molecule has 0 fully saturated rings. The van der Waals surface area contributed by atoms with Crippen LogP contribution in [0.3, 0.4) is 0 Å². The van der Waals surface area contributed by atoms with Gasteiger partial charge in [0, 0.05) is 7.05 Å². The van der Waals surface area contributed by atoms with E-state index in [-0.39, 0.29) is 12.3 Å². The van der Waals surface area contributed by atoms with E-state index in [1.807, 2.05) is 30.3 Å². The molecule has 2 rings (SSSR count). The number of hydrogen-bond donors (Lipinski definition) is 0. The highest BCUT2D eigenvalue weighted by molar-refractivity contribution is 5.78. The fraction of sp³-hybridized carbons (Fsp3) is 0.278. The van der Waals surface area contributed by atoms with Gasteiger partial charge in [-0.1, -0.05) is 30.3 Å². The molecule has 1 amide bonds. The van der Waals surface area contributed by atoms with Crippen LogP contribution in [-0.4, -0.2) is 31.0 Å². The Hall–Kier alpha value is -2.50. The molecule has 0 aliphatic rings. The van der Waals surface area contributed by atoms with E-state index in [1.165, 1.54) is 17.0 Å². The number of alkyl halides is 3. The van der Waals surface area contributed by atoms with Crippen molar-refractivity contribution in [2.75, 3.05) is 20.2 Å². The van der Waals surface area contributed by atoms with Crippen LogP contribution in [0.2, 0.25) is 0 Å². The molecule has 0 aromatic heterocycles. The minimum Gasteiger partial charge on any atom is -0.492 e. The molecule has 0 aliphatic carbocycles. The summed E-state index contributed by atoms with van der Waals surface area (Å²) in [5, 5.41) is 0. The molecule has 2 aromatic carbocycles. The second-order valence-corrected chi connectivity index (χ2v) is 5.35. The number of carbonyl (C=O) groups is 1. The van der Waals surface area contributed by atoms with Crippen LogP contribution in [0.4, 0.5) is 13.2 Å². The molecule has 0 saturated carbocycles. The zero-order valence-corrected chi connectivity index (χ0v) is 13.2. The van der Waals surface area contributed by atoms with E-state index in [1.54, 1.807) is 7.05 Å². The number of rotatable bonds is 6. The van der Waals surface area contributed by atoms with Gasteiger partial charge in [0.25, 0.3) is 0 Å². The highest BCUT2D eigenvalue weighted by Crippen LogP contribution is 2.29. The van der Waals surface area contributed by atoms with Crippen molar-refractivity contribution in [3.63, 3.8) is 0 Å². The minimum absolute atomic E-state index is 0.0555. The van der Waals surface area contributed by atoms with Crippen molar-refractivity contribution in [2.24, 2.45) is 0 Å². The van der Waals surface area contributed by atoms with Crippen LogP contribution in [0.1, 0.15) is 11.1 Å². The van der Waals surface area contributed by atoms with Crippen LogP contribution in [-0.2, 0) is 17.4 Å². The van der Waals surface area contributed by atoms with E-state index in [2.05, 4.69) is 0 Å². The van der Waals surface area contributed by atoms with Gasteiger partial charge in [0.1, 0.15) is 12.4 Å². The smallest absolute Gasteiger partial charge is 0.416 e. The summed E-state index contributed by atoms with van der Waals surface area (Å²) < 4.78 is 43.0. The average molecular weight is 337 g/mol. The van der Waals surface area contributed by atoms with E-state index < -0.39 is 11.7 Å². The van der Waals surface area contributed by atoms with E-state index in [0.29, 0.717) is 18.7 Å². The Balaban J connectivity index is 1.81. The molecule has 24 heavy (non-hydrogen) atoms. The van der Waals surface area contributed by atoms with Crippen molar-refractivity contribution in [3.05, 3.63) is 65.7 Å². The summed E-state index contributed by atoms with van der Waals surface area (Å²) in [5.74, 6) is 0.549. The topological polar surface area (TPSA) is 29.5 Å². The number of nitrogens with zero attached hydrogens (tertiary/aromatic N) is 1. The Morgan fingerprint density at radius 2 is 1.67 bits per heavy atom. The number of likely N-dealkylation sites (N-methyl/N-ethyl adjacent to an activating group) is 1. The molecule has 0 aliphatic heterocycles. The average Bonchev–Trinajstić information content (AvgIpc) is 2.55. The van der Waals surface area contributed by atoms with Gasteiger partial charge in [0.2, 0.25) is 5.91 Å². The van der Waals surface area contributed by atoms with Crippen LogP contribution in [0.25, 0.3) is 0 Å². The van der Waals surface area contributed by atoms with Crippen molar-refractivity contribution >= 4 is 5.91 Å². The van der Waals surface area contributed by atoms with Crippen molar-refractivity contribution < 1.29 is 22.7 Å². The fourth-order valence-corrected chi connectivity index (χ4v) is 2.06. The maximum absolute atomic E-state index is 12.5. The normalized spacial score (nSPS) is 11.2. The summed E-state index contributed by atoms with van der Waals surface area (Å²) in [7, 11) is 1.64. The van der Waals surface area contributed by atoms with Gasteiger partial charge in [-0.2, -0.15) is 13.2 Å². The van der Waals surface area contributed by atoms with Gasteiger partial charge < -0.3 is 9.64 Å². The molecule has 3 nitrogen and oxygen atoms in total. The zero-order chi connectivity index (χ0) is 17.6. The lowest BCUT2D eigenvalue weighted by Crippen LogP contribution is -2.32. The summed E-state index contributed by atoms with van der Waals surface area (Å²) in [4.78, 5) is 13.6. The molecular weight excluding hydrogens is 319 g/mol. The predicted octanol–water partition coefficient (Wildman–Crippen LogP) is 3.79.